The molecule has 2 atom stereocenters. The lowest BCUT2D eigenvalue weighted by Gasteiger charge is -2.19. The van der Waals surface area contributed by atoms with Gasteiger partial charge in [0.1, 0.15) is 12.2 Å². The van der Waals surface area contributed by atoms with Gasteiger partial charge < -0.3 is 16.2 Å². The van der Waals surface area contributed by atoms with Crippen molar-refractivity contribution in [3.8, 4) is 24.7 Å². The smallest absolute Gasteiger partial charge is 0.145 e. The van der Waals surface area contributed by atoms with Crippen LogP contribution in [0.5, 0.6) is 0 Å². The monoisotopic (exact) mass is 276 g/mol. The predicted octanol–water partition coefficient (Wildman–Crippen LogP) is 2.92. The summed E-state index contributed by atoms with van der Waals surface area (Å²) in [7, 11) is 0. The first-order chi connectivity index (χ1) is 10.1. The van der Waals surface area contributed by atoms with E-state index in [0.717, 1.165) is 11.1 Å². The summed E-state index contributed by atoms with van der Waals surface area (Å²) in [5, 5.41) is 0. The van der Waals surface area contributed by atoms with Crippen molar-refractivity contribution in [1.82, 2.24) is 0 Å². The Morgan fingerprint density at radius 1 is 0.810 bits per heavy atom. The molecule has 4 N–H and O–H groups in total. The molecule has 104 valence electrons. The van der Waals surface area contributed by atoms with Crippen molar-refractivity contribution in [2.75, 3.05) is 11.5 Å². The molecule has 2 rings (SSSR count). The Kier molecular flexibility index (Phi) is 4.51. The fourth-order valence-electron chi connectivity index (χ4n) is 2.01. The number of nitrogen functional groups attached to an aromatic ring is 2. The number of benzene rings is 2. The van der Waals surface area contributed by atoms with E-state index in [2.05, 4.69) is 11.8 Å². The Hall–Kier alpha value is -2.88. The maximum atomic E-state index is 5.85. The van der Waals surface area contributed by atoms with E-state index in [4.69, 9.17) is 29.1 Å². The van der Waals surface area contributed by atoms with Crippen molar-refractivity contribution >= 4 is 11.4 Å². The Bertz CT molecular complexity index is 648. The van der Waals surface area contributed by atoms with Crippen molar-refractivity contribution in [3.63, 3.8) is 0 Å². The van der Waals surface area contributed by atoms with Gasteiger partial charge in [-0.2, -0.15) is 0 Å². The molecule has 0 heterocycles. The fourth-order valence-corrected chi connectivity index (χ4v) is 2.01. The van der Waals surface area contributed by atoms with Crippen molar-refractivity contribution < 1.29 is 4.74 Å². The van der Waals surface area contributed by atoms with Crippen molar-refractivity contribution in [2.45, 2.75) is 12.2 Å². The highest BCUT2D eigenvalue weighted by molar-refractivity contribution is 5.44. The Balaban J connectivity index is 2.25. The minimum absolute atomic E-state index is 0.573. The molecule has 2 unspecified atom stereocenters. The van der Waals surface area contributed by atoms with Gasteiger partial charge in [-0.1, -0.05) is 36.1 Å². The zero-order valence-electron chi connectivity index (χ0n) is 11.5. The summed E-state index contributed by atoms with van der Waals surface area (Å²) in [5.74, 6) is 5.18. The highest BCUT2D eigenvalue weighted by Crippen LogP contribution is 2.27. The third-order valence-corrected chi connectivity index (χ3v) is 3.00. The molecule has 0 amide bonds. The van der Waals surface area contributed by atoms with E-state index in [1.807, 2.05) is 24.3 Å². The zero-order valence-corrected chi connectivity index (χ0v) is 11.5. The van der Waals surface area contributed by atoms with Crippen LogP contribution in [0.1, 0.15) is 23.3 Å². The van der Waals surface area contributed by atoms with Gasteiger partial charge in [0.05, 0.1) is 0 Å². The molecule has 0 fully saturated rings. The average Bonchev–Trinajstić information content (AvgIpc) is 2.48. The minimum Gasteiger partial charge on any atom is -0.399 e. The van der Waals surface area contributed by atoms with E-state index in [1.54, 1.807) is 24.3 Å². The second-order valence-electron chi connectivity index (χ2n) is 4.57. The van der Waals surface area contributed by atoms with Crippen LogP contribution in [0.25, 0.3) is 0 Å². The molecule has 0 saturated heterocycles. The molecule has 0 aromatic heterocycles. The van der Waals surface area contributed by atoms with E-state index in [9.17, 15) is 0 Å². The topological polar surface area (TPSA) is 61.3 Å². The maximum absolute atomic E-state index is 5.85. The van der Waals surface area contributed by atoms with Crippen molar-refractivity contribution in [2.24, 2.45) is 0 Å². The van der Waals surface area contributed by atoms with Gasteiger partial charge in [-0.3, -0.25) is 0 Å². The number of ether oxygens (including phenoxy) is 1. The average molecular weight is 276 g/mol. The van der Waals surface area contributed by atoms with Crippen LogP contribution in [0, 0.1) is 24.7 Å². The number of rotatable bonds is 4. The van der Waals surface area contributed by atoms with E-state index in [-0.39, 0.29) is 0 Å². The summed E-state index contributed by atoms with van der Waals surface area (Å²) in [6, 6.07) is 14.5. The summed E-state index contributed by atoms with van der Waals surface area (Å²) in [5.41, 5.74) is 14.4. The Morgan fingerprint density at radius 3 is 1.57 bits per heavy atom. The van der Waals surface area contributed by atoms with Crippen LogP contribution in [0.2, 0.25) is 0 Å². The quantitative estimate of drug-likeness (QED) is 0.666. The van der Waals surface area contributed by atoms with Crippen LogP contribution >= 0.6 is 0 Å². The first-order valence-corrected chi connectivity index (χ1v) is 6.42. The summed E-state index contributed by atoms with van der Waals surface area (Å²) in [4.78, 5) is 0. The number of hydrogen-bond acceptors (Lipinski definition) is 3. The molecule has 3 heteroatoms. The van der Waals surface area contributed by atoms with Gasteiger partial charge in [-0.25, -0.2) is 0 Å². The number of nitrogens with two attached hydrogens (primary N) is 2. The van der Waals surface area contributed by atoms with Gasteiger partial charge in [0.2, 0.25) is 0 Å². The molecule has 0 aliphatic heterocycles. The molecule has 2 aromatic rings. The van der Waals surface area contributed by atoms with E-state index in [0.29, 0.717) is 11.4 Å². The molecular weight excluding hydrogens is 260 g/mol. The van der Waals surface area contributed by atoms with Gasteiger partial charge in [-0.05, 0) is 35.4 Å². The van der Waals surface area contributed by atoms with Crippen LogP contribution < -0.4 is 11.5 Å². The van der Waals surface area contributed by atoms with E-state index >= 15 is 0 Å². The summed E-state index contributed by atoms with van der Waals surface area (Å²) >= 11 is 0. The first-order valence-electron chi connectivity index (χ1n) is 6.42. The molecular formula is C18H16N2O. The second kappa shape index (κ2) is 6.52. The van der Waals surface area contributed by atoms with Crippen LogP contribution in [-0.4, -0.2) is 0 Å². The Morgan fingerprint density at radius 2 is 1.24 bits per heavy atom. The summed E-state index contributed by atoms with van der Waals surface area (Å²) in [6.07, 6.45) is 9.97. The van der Waals surface area contributed by atoms with Gasteiger partial charge in [-0.15, -0.1) is 12.8 Å². The number of hydrogen-bond donors (Lipinski definition) is 2. The van der Waals surface area contributed by atoms with Crippen LogP contribution in [0.3, 0.4) is 0 Å². The normalized spacial score (nSPS) is 12.9. The molecule has 0 saturated carbocycles. The molecule has 0 aliphatic rings. The third-order valence-electron chi connectivity index (χ3n) is 3.00. The van der Waals surface area contributed by atoms with Gasteiger partial charge in [0, 0.05) is 11.4 Å². The number of terminal acetylenes is 2. The lowest BCUT2D eigenvalue weighted by atomic mass is 10.1. The Labute approximate surface area is 124 Å². The van der Waals surface area contributed by atoms with Gasteiger partial charge >= 0.3 is 0 Å². The van der Waals surface area contributed by atoms with Crippen LogP contribution in [0.15, 0.2) is 48.5 Å². The first kappa shape index (κ1) is 14.5. The van der Waals surface area contributed by atoms with E-state index < -0.39 is 12.2 Å². The lowest BCUT2D eigenvalue weighted by molar-refractivity contribution is 0.0516. The van der Waals surface area contributed by atoms with Gasteiger partial charge in [0.15, 0.2) is 0 Å². The highest BCUT2D eigenvalue weighted by Gasteiger charge is 2.17. The van der Waals surface area contributed by atoms with Crippen molar-refractivity contribution in [3.05, 3.63) is 59.7 Å². The van der Waals surface area contributed by atoms with Crippen LogP contribution in [-0.2, 0) is 4.74 Å². The molecule has 0 spiro atoms. The molecule has 0 radical (unpaired) electrons. The molecule has 3 nitrogen and oxygen atoms in total. The second-order valence-corrected chi connectivity index (χ2v) is 4.57. The highest BCUT2D eigenvalue weighted by atomic mass is 16.5. The summed E-state index contributed by atoms with van der Waals surface area (Å²) < 4.78 is 5.85. The molecule has 21 heavy (non-hydrogen) atoms. The zero-order chi connectivity index (χ0) is 15.2. The molecule has 2 aromatic carbocycles. The maximum Gasteiger partial charge on any atom is 0.145 e. The third kappa shape index (κ3) is 3.57. The minimum atomic E-state index is -0.573. The SMILES string of the molecule is C#CC(OC(C#C)c1cccc(N)c1)c1cccc(N)c1. The predicted molar refractivity (Wildman–Crippen MR) is 85.9 cm³/mol. The van der Waals surface area contributed by atoms with Crippen molar-refractivity contribution in [1.29, 1.82) is 0 Å². The van der Waals surface area contributed by atoms with Crippen LogP contribution in [0.4, 0.5) is 11.4 Å². The summed E-state index contributed by atoms with van der Waals surface area (Å²) in [6.45, 7) is 0. The molecule has 0 bridgehead atoms. The largest absolute Gasteiger partial charge is 0.399 e. The van der Waals surface area contributed by atoms with E-state index in [1.165, 1.54) is 0 Å². The number of anilines is 2. The fraction of sp³-hybridized carbons (Fsp3) is 0.111. The molecule has 0 aliphatic carbocycles. The lowest BCUT2D eigenvalue weighted by Crippen LogP contribution is -2.08. The van der Waals surface area contributed by atoms with Gasteiger partial charge in [0.25, 0.3) is 0 Å². The standard InChI is InChI=1S/C18H16N2O/c1-3-17(13-7-5-9-15(19)11-13)21-18(4-2)14-8-6-10-16(20)12-14/h1-2,5-12,17-18H,19-20H2.